The lowest BCUT2D eigenvalue weighted by atomic mass is 9.97. The molecule has 0 aliphatic carbocycles. The number of anilines is 1. The number of hydrogen-bond donors (Lipinski definition) is 1. The van der Waals surface area contributed by atoms with Crippen molar-refractivity contribution in [1.29, 1.82) is 0 Å². The Hall–Kier alpha value is -1.77. The van der Waals surface area contributed by atoms with E-state index < -0.39 is 0 Å². The van der Waals surface area contributed by atoms with Gasteiger partial charge in [-0.3, -0.25) is 0 Å². The van der Waals surface area contributed by atoms with Crippen LogP contribution in [0.3, 0.4) is 0 Å². The average molecular weight is 257 g/mol. The Labute approximate surface area is 115 Å². The van der Waals surface area contributed by atoms with Gasteiger partial charge in [0.15, 0.2) is 0 Å². The van der Waals surface area contributed by atoms with Crippen LogP contribution in [-0.4, -0.2) is 9.55 Å². The fraction of sp³-hybridized carbons (Fsp3) is 0.438. The Morgan fingerprint density at radius 2 is 1.63 bits per heavy atom. The van der Waals surface area contributed by atoms with Gasteiger partial charge in [-0.05, 0) is 31.9 Å². The van der Waals surface area contributed by atoms with Crippen LogP contribution in [-0.2, 0) is 7.05 Å². The van der Waals surface area contributed by atoms with Gasteiger partial charge in [0.25, 0.3) is 0 Å². The highest BCUT2D eigenvalue weighted by Gasteiger charge is 2.18. The third kappa shape index (κ3) is 2.25. The second-order valence-corrected chi connectivity index (χ2v) is 5.69. The Morgan fingerprint density at radius 3 is 2.05 bits per heavy atom. The van der Waals surface area contributed by atoms with E-state index in [4.69, 9.17) is 10.7 Å². The Morgan fingerprint density at radius 1 is 1.11 bits per heavy atom. The van der Waals surface area contributed by atoms with Gasteiger partial charge in [-0.2, -0.15) is 0 Å². The Balaban J connectivity index is 2.70. The standard InChI is InChI=1S/C16H23N3/c1-9(2)16-18-14(15(17)19(16)6)13-11(4)7-10(3)8-12(13)5/h7-9H,17H2,1-6H3. The van der Waals surface area contributed by atoms with Gasteiger partial charge in [-0.15, -0.1) is 0 Å². The number of nitrogens with zero attached hydrogens (tertiary/aromatic N) is 2. The van der Waals surface area contributed by atoms with Crippen molar-refractivity contribution in [2.45, 2.75) is 40.5 Å². The van der Waals surface area contributed by atoms with Crippen molar-refractivity contribution in [1.82, 2.24) is 9.55 Å². The zero-order valence-corrected chi connectivity index (χ0v) is 12.7. The minimum Gasteiger partial charge on any atom is -0.383 e. The van der Waals surface area contributed by atoms with Crippen LogP contribution in [0.25, 0.3) is 11.3 Å². The number of benzene rings is 1. The summed E-state index contributed by atoms with van der Waals surface area (Å²) in [4.78, 5) is 4.77. The first-order chi connectivity index (χ1) is 8.82. The van der Waals surface area contributed by atoms with Crippen molar-refractivity contribution in [3.8, 4) is 11.3 Å². The van der Waals surface area contributed by atoms with Crippen LogP contribution in [0.5, 0.6) is 0 Å². The summed E-state index contributed by atoms with van der Waals surface area (Å²) in [5, 5.41) is 0. The van der Waals surface area contributed by atoms with Crippen LogP contribution < -0.4 is 5.73 Å². The van der Waals surface area contributed by atoms with Crippen LogP contribution in [0.2, 0.25) is 0 Å². The molecule has 3 nitrogen and oxygen atoms in total. The summed E-state index contributed by atoms with van der Waals surface area (Å²) in [6, 6.07) is 4.37. The van der Waals surface area contributed by atoms with E-state index in [2.05, 4.69) is 46.8 Å². The lowest BCUT2D eigenvalue weighted by Crippen LogP contribution is -2.03. The zero-order valence-electron chi connectivity index (χ0n) is 12.7. The summed E-state index contributed by atoms with van der Waals surface area (Å²) in [6.45, 7) is 10.6. The molecule has 3 heteroatoms. The van der Waals surface area contributed by atoms with Gasteiger partial charge >= 0.3 is 0 Å². The van der Waals surface area contributed by atoms with Crippen molar-refractivity contribution in [2.75, 3.05) is 5.73 Å². The molecule has 0 aliphatic heterocycles. The molecule has 2 rings (SSSR count). The second kappa shape index (κ2) is 4.72. The van der Waals surface area contributed by atoms with E-state index in [1.54, 1.807) is 0 Å². The molecule has 0 spiro atoms. The maximum absolute atomic E-state index is 6.25. The summed E-state index contributed by atoms with van der Waals surface area (Å²) in [7, 11) is 1.99. The number of hydrogen-bond acceptors (Lipinski definition) is 2. The normalized spacial score (nSPS) is 11.3. The van der Waals surface area contributed by atoms with Gasteiger partial charge < -0.3 is 10.3 Å². The van der Waals surface area contributed by atoms with Crippen LogP contribution in [0.1, 0.15) is 42.3 Å². The van der Waals surface area contributed by atoms with E-state index in [1.165, 1.54) is 22.3 Å². The molecule has 1 heterocycles. The monoisotopic (exact) mass is 257 g/mol. The molecule has 2 aromatic rings. The molecule has 1 aromatic carbocycles. The lowest BCUT2D eigenvalue weighted by molar-refractivity contribution is 0.715. The van der Waals surface area contributed by atoms with E-state index in [1.807, 2.05) is 11.6 Å². The zero-order chi connectivity index (χ0) is 14.3. The molecule has 0 radical (unpaired) electrons. The smallest absolute Gasteiger partial charge is 0.131 e. The number of imidazole rings is 1. The number of aryl methyl sites for hydroxylation is 3. The number of rotatable bonds is 2. The van der Waals surface area contributed by atoms with Gasteiger partial charge in [-0.25, -0.2) is 4.98 Å². The summed E-state index contributed by atoms with van der Waals surface area (Å²) >= 11 is 0. The molecule has 0 amide bonds. The van der Waals surface area contributed by atoms with E-state index in [-0.39, 0.29) is 0 Å². The maximum Gasteiger partial charge on any atom is 0.131 e. The van der Waals surface area contributed by atoms with E-state index in [0.29, 0.717) is 5.92 Å². The van der Waals surface area contributed by atoms with Crippen molar-refractivity contribution < 1.29 is 0 Å². The first kappa shape index (κ1) is 13.7. The molecule has 2 N–H and O–H groups in total. The predicted molar refractivity (Wildman–Crippen MR) is 81.4 cm³/mol. The van der Waals surface area contributed by atoms with Crippen molar-refractivity contribution in [3.63, 3.8) is 0 Å². The predicted octanol–water partition coefficient (Wildman–Crippen LogP) is 3.72. The van der Waals surface area contributed by atoms with Crippen LogP contribution in [0.15, 0.2) is 12.1 Å². The molecule has 0 saturated carbocycles. The highest BCUT2D eigenvalue weighted by molar-refractivity contribution is 5.76. The average Bonchev–Trinajstić information content (AvgIpc) is 2.56. The minimum atomic E-state index is 0.368. The molecule has 0 saturated heterocycles. The SMILES string of the molecule is Cc1cc(C)c(-c2nc(C(C)C)n(C)c2N)c(C)c1. The molecule has 0 fully saturated rings. The fourth-order valence-corrected chi connectivity index (χ4v) is 2.78. The van der Waals surface area contributed by atoms with E-state index in [9.17, 15) is 0 Å². The Kier molecular flexibility index (Phi) is 3.40. The first-order valence-electron chi connectivity index (χ1n) is 6.73. The molecule has 0 unspecified atom stereocenters. The van der Waals surface area contributed by atoms with Crippen molar-refractivity contribution in [2.24, 2.45) is 7.05 Å². The molecule has 0 bridgehead atoms. The summed E-state index contributed by atoms with van der Waals surface area (Å²) in [6.07, 6.45) is 0. The molecule has 1 aromatic heterocycles. The number of nitrogen functional groups attached to an aromatic ring is 1. The quantitative estimate of drug-likeness (QED) is 0.891. The lowest BCUT2D eigenvalue weighted by Gasteiger charge is -2.10. The minimum absolute atomic E-state index is 0.368. The first-order valence-corrected chi connectivity index (χ1v) is 6.73. The highest BCUT2D eigenvalue weighted by atomic mass is 15.1. The van der Waals surface area contributed by atoms with E-state index >= 15 is 0 Å². The van der Waals surface area contributed by atoms with Crippen molar-refractivity contribution in [3.05, 3.63) is 34.6 Å². The topological polar surface area (TPSA) is 43.8 Å². The van der Waals surface area contributed by atoms with Gasteiger partial charge in [0.1, 0.15) is 17.3 Å². The maximum atomic E-state index is 6.25. The third-order valence-corrected chi connectivity index (χ3v) is 3.60. The number of aromatic nitrogens is 2. The van der Waals surface area contributed by atoms with Crippen LogP contribution in [0, 0.1) is 20.8 Å². The summed E-state index contributed by atoms with van der Waals surface area (Å²) in [5.41, 5.74) is 12.1. The molecule has 102 valence electrons. The largest absolute Gasteiger partial charge is 0.383 e. The third-order valence-electron chi connectivity index (χ3n) is 3.60. The van der Waals surface area contributed by atoms with Crippen LogP contribution >= 0.6 is 0 Å². The Bertz CT molecular complexity index is 598. The fourth-order valence-electron chi connectivity index (χ4n) is 2.78. The number of nitrogens with two attached hydrogens (primary N) is 1. The van der Waals surface area contributed by atoms with Gasteiger partial charge in [0.05, 0.1) is 0 Å². The van der Waals surface area contributed by atoms with Crippen LogP contribution in [0.4, 0.5) is 5.82 Å². The van der Waals surface area contributed by atoms with Gasteiger partial charge in [-0.1, -0.05) is 31.5 Å². The molecule has 0 atom stereocenters. The van der Waals surface area contributed by atoms with Crippen molar-refractivity contribution >= 4 is 5.82 Å². The second-order valence-electron chi connectivity index (χ2n) is 5.69. The molecule has 0 aliphatic rings. The molecular formula is C16H23N3. The van der Waals surface area contributed by atoms with E-state index in [0.717, 1.165) is 17.3 Å². The summed E-state index contributed by atoms with van der Waals surface area (Å²) in [5.74, 6) is 2.15. The summed E-state index contributed by atoms with van der Waals surface area (Å²) < 4.78 is 2.00. The van der Waals surface area contributed by atoms with Gasteiger partial charge in [0.2, 0.25) is 0 Å². The highest BCUT2D eigenvalue weighted by Crippen LogP contribution is 2.33. The van der Waals surface area contributed by atoms with Gasteiger partial charge in [0, 0.05) is 18.5 Å². The molecule has 19 heavy (non-hydrogen) atoms. The molecular weight excluding hydrogens is 234 g/mol.